The highest BCUT2D eigenvalue weighted by molar-refractivity contribution is 5.76. The fourth-order valence-electron chi connectivity index (χ4n) is 4.46. The number of para-hydroxylation sites is 1. The average molecular weight is 461 g/mol. The molecule has 3 N–H and O–H groups in total. The molecule has 0 bridgehead atoms. The second-order valence-corrected chi connectivity index (χ2v) is 8.42. The Bertz CT molecular complexity index is 1070. The summed E-state index contributed by atoms with van der Waals surface area (Å²) in [5.74, 6) is -0.598. The van der Waals surface area contributed by atoms with Crippen LogP contribution in [0.25, 0.3) is 11.2 Å². The van der Waals surface area contributed by atoms with E-state index in [1.54, 1.807) is 6.20 Å². The van der Waals surface area contributed by atoms with Crippen LogP contribution in [0.5, 0.6) is 0 Å². The van der Waals surface area contributed by atoms with E-state index in [-0.39, 0.29) is 31.3 Å². The van der Waals surface area contributed by atoms with Gasteiger partial charge in [0.15, 0.2) is 5.65 Å². The lowest BCUT2D eigenvalue weighted by Gasteiger charge is -2.28. The van der Waals surface area contributed by atoms with Crippen molar-refractivity contribution in [3.8, 4) is 0 Å². The van der Waals surface area contributed by atoms with E-state index in [9.17, 15) is 13.9 Å². The van der Waals surface area contributed by atoms with Gasteiger partial charge in [0, 0.05) is 25.3 Å². The van der Waals surface area contributed by atoms with Crippen molar-refractivity contribution in [1.29, 1.82) is 0 Å². The molecule has 3 heterocycles. The van der Waals surface area contributed by atoms with Gasteiger partial charge in [0.1, 0.15) is 22.8 Å². The minimum atomic E-state index is -0.698. The summed E-state index contributed by atoms with van der Waals surface area (Å²) in [5.41, 5.74) is 0.872. The van der Waals surface area contributed by atoms with Gasteiger partial charge in [-0.05, 0) is 50.7 Å². The zero-order valence-corrected chi connectivity index (χ0v) is 17.6. The van der Waals surface area contributed by atoms with Crippen molar-refractivity contribution in [3.05, 3.63) is 36.0 Å². The van der Waals surface area contributed by atoms with Crippen LogP contribution in [0.15, 0.2) is 24.4 Å². The Balaban J connectivity index is 0.00000259. The Hall–Kier alpha value is -2.85. The zero-order chi connectivity index (χ0) is 22.1. The molecule has 10 heteroatoms. The number of rotatable bonds is 5. The average Bonchev–Trinajstić information content (AvgIpc) is 3.15. The second-order valence-electron chi connectivity index (χ2n) is 8.42. The van der Waals surface area contributed by atoms with Crippen LogP contribution in [-0.2, 0) is 4.74 Å². The van der Waals surface area contributed by atoms with E-state index in [2.05, 4.69) is 20.6 Å². The smallest absolute Gasteiger partial charge is 0.224 e. The van der Waals surface area contributed by atoms with Crippen molar-refractivity contribution in [2.75, 3.05) is 23.8 Å². The Kier molecular flexibility index (Phi) is 7.04. The van der Waals surface area contributed by atoms with Gasteiger partial charge in [-0.15, -0.1) is 0 Å². The molecule has 1 aliphatic heterocycles. The fraction of sp³-hybridized carbons (Fsp3) is 0.522. The first-order valence-corrected chi connectivity index (χ1v) is 11.1. The maximum atomic E-state index is 14.3. The molecule has 3 aromatic rings. The van der Waals surface area contributed by atoms with Gasteiger partial charge in [-0.3, -0.25) is 4.57 Å². The van der Waals surface area contributed by atoms with E-state index in [0.717, 1.165) is 12.8 Å². The van der Waals surface area contributed by atoms with Crippen LogP contribution in [0.2, 0.25) is 0 Å². The molecule has 2 fully saturated rings. The summed E-state index contributed by atoms with van der Waals surface area (Å²) in [4.78, 5) is 13.7. The first-order chi connectivity index (χ1) is 15.6. The third kappa shape index (κ3) is 4.91. The molecule has 8 nitrogen and oxygen atoms in total. The molecule has 1 saturated heterocycles. The third-order valence-corrected chi connectivity index (χ3v) is 6.22. The van der Waals surface area contributed by atoms with Gasteiger partial charge in [-0.2, -0.15) is 4.98 Å². The molecule has 0 amide bonds. The summed E-state index contributed by atoms with van der Waals surface area (Å²) in [7, 11) is 0. The van der Waals surface area contributed by atoms with Crippen molar-refractivity contribution in [2.45, 2.75) is 64.1 Å². The van der Waals surface area contributed by atoms with Crippen molar-refractivity contribution in [3.63, 3.8) is 0 Å². The molecule has 0 radical (unpaired) electrons. The lowest BCUT2D eigenvalue weighted by Crippen LogP contribution is -2.28. The van der Waals surface area contributed by atoms with Crippen LogP contribution in [-0.4, -0.2) is 50.0 Å². The van der Waals surface area contributed by atoms with Gasteiger partial charge in [-0.1, -0.05) is 13.5 Å². The molecule has 0 unspecified atom stereocenters. The molecule has 2 aliphatic rings. The SMILES string of the molecule is C.OC1CCC(n2c(Nc3c(F)cccc3F)nc3cnc(NC4CCOCC4)nc32)CC1. The zero-order valence-electron chi connectivity index (χ0n) is 17.6. The monoisotopic (exact) mass is 460 g/mol. The molecule has 1 aliphatic carbocycles. The fourth-order valence-corrected chi connectivity index (χ4v) is 4.46. The summed E-state index contributed by atoms with van der Waals surface area (Å²) in [6.45, 7) is 1.40. The molecule has 178 valence electrons. The Morgan fingerprint density at radius 1 is 1.00 bits per heavy atom. The molecule has 33 heavy (non-hydrogen) atoms. The quantitative estimate of drug-likeness (QED) is 0.514. The number of imidazole rings is 1. The summed E-state index contributed by atoms with van der Waals surface area (Å²) < 4.78 is 35.9. The van der Waals surface area contributed by atoms with Gasteiger partial charge in [-0.25, -0.2) is 18.7 Å². The predicted molar refractivity (Wildman–Crippen MR) is 123 cm³/mol. The Labute approximate surface area is 191 Å². The number of ether oxygens (including phenoxy) is 1. The molecule has 1 aromatic carbocycles. The summed E-state index contributed by atoms with van der Waals surface area (Å²) in [6.07, 6.45) is 5.78. The largest absolute Gasteiger partial charge is 0.393 e. The molecule has 0 atom stereocenters. The number of benzene rings is 1. The number of aliphatic hydroxyl groups is 1. The van der Waals surface area contributed by atoms with Gasteiger partial charge >= 0.3 is 0 Å². The lowest BCUT2D eigenvalue weighted by molar-refractivity contribution is 0.0903. The number of halogens is 2. The number of hydrogen-bond donors (Lipinski definition) is 3. The van der Waals surface area contributed by atoms with E-state index >= 15 is 0 Å². The number of nitrogens with zero attached hydrogens (tertiary/aromatic N) is 4. The highest BCUT2D eigenvalue weighted by Gasteiger charge is 2.27. The third-order valence-electron chi connectivity index (χ3n) is 6.22. The van der Waals surface area contributed by atoms with Crippen molar-refractivity contribution in [2.24, 2.45) is 0 Å². The minimum Gasteiger partial charge on any atom is -0.393 e. The molecular weight excluding hydrogens is 430 g/mol. The van der Waals surface area contributed by atoms with Crippen LogP contribution in [0.4, 0.5) is 26.4 Å². The van der Waals surface area contributed by atoms with E-state index in [0.29, 0.717) is 62.0 Å². The van der Waals surface area contributed by atoms with Crippen LogP contribution in [0.3, 0.4) is 0 Å². The highest BCUT2D eigenvalue weighted by Crippen LogP contribution is 2.35. The summed E-state index contributed by atoms with van der Waals surface area (Å²) in [6, 6.07) is 3.94. The normalized spacial score (nSPS) is 21.5. The number of anilines is 3. The van der Waals surface area contributed by atoms with Crippen molar-refractivity contribution >= 4 is 28.7 Å². The minimum absolute atomic E-state index is 0. The Morgan fingerprint density at radius 3 is 2.39 bits per heavy atom. The molecule has 2 aromatic heterocycles. The standard InChI is InChI=1S/C22H26F2N6O2.CH4/c23-16-2-1-3-17(24)19(16)28-22-27-18-12-25-21(26-13-8-10-32-11-9-13)29-20(18)30(22)14-4-6-15(31)7-5-14;/h1-3,12-15,31H,4-11H2,(H,27,28)(H,25,26,29);1H4. The number of aliphatic hydroxyl groups excluding tert-OH is 1. The van der Waals surface area contributed by atoms with Crippen LogP contribution >= 0.6 is 0 Å². The Morgan fingerprint density at radius 2 is 1.70 bits per heavy atom. The van der Waals surface area contributed by atoms with Crippen LogP contribution in [0, 0.1) is 11.6 Å². The maximum Gasteiger partial charge on any atom is 0.224 e. The first kappa shape index (κ1) is 23.3. The molecule has 1 saturated carbocycles. The van der Waals surface area contributed by atoms with Crippen LogP contribution in [0.1, 0.15) is 52.0 Å². The van der Waals surface area contributed by atoms with E-state index < -0.39 is 11.6 Å². The van der Waals surface area contributed by atoms with E-state index in [4.69, 9.17) is 9.72 Å². The first-order valence-electron chi connectivity index (χ1n) is 11.1. The summed E-state index contributed by atoms with van der Waals surface area (Å²) >= 11 is 0. The van der Waals surface area contributed by atoms with Crippen LogP contribution < -0.4 is 10.6 Å². The number of hydrogen-bond acceptors (Lipinski definition) is 7. The maximum absolute atomic E-state index is 14.3. The van der Waals surface area contributed by atoms with Gasteiger partial charge < -0.3 is 20.5 Å². The summed E-state index contributed by atoms with van der Waals surface area (Å²) in [5, 5.41) is 16.2. The van der Waals surface area contributed by atoms with E-state index in [1.807, 2.05) is 4.57 Å². The van der Waals surface area contributed by atoms with Gasteiger partial charge in [0.05, 0.1) is 12.3 Å². The molecule has 0 spiro atoms. The predicted octanol–water partition coefficient (Wildman–Crippen LogP) is 4.55. The van der Waals surface area contributed by atoms with E-state index in [1.165, 1.54) is 18.2 Å². The second kappa shape index (κ2) is 9.96. The topological polar surface area (TPSA) is 97.1 Å². The number of aromatic nitrogens is 4. The van der Waals surface area contributed by atoms with Gasteiger partial charge in [0.2, 0.25) is 11.9 Å². The molecule has 5 rings (SSSR count). The lowest BCUT2D eigenvalue weighted by atomic mass is 9.93. The number of fused-ring (bicyclic) bond motifs is 1. The molecular formula is C23H30F2N6O2. The van der Waals surface area contributed by atoms with Crippen molar-refractivity contribution in [1.82, 2.24) is 19.5 Å². The highest BCUT2D eigenvalue weighted by atomic mass is 19.1. The van der Waals surface area contributed by atoms with Gasteiger partial charge in [0.25, 0.3) is 0 Å². The number of nitrogens with one attached hydrogen (secondary N) is 2. The van der Waals surface area contributed by atoms with Crippen molar-refractivity contribution < 1.29 is 18.6 Å².